The first-order valence-electron chi connectivity index (χ1n) is 6.05. The van der Waals surface area contributed by atoms with E-state index in [1.165, 1.54) is 5.56 Å². The second-order valence-corrected chi connectivity index (χ2v) is 4.38. The van der Waals surface area contributed by atoms with Crippen LogP contribution >= 0.6 is 0 Å². The number of nitrogens with two attached hydrogens (primary N) is 1. The van der Waals surface area contributed by atoms with Crippen LogP contribution in [0.25, 0.3) is 0 Å². The average molecular weight is 255 g/mol. The second-order valence-electron chi connectivity index (χ2n) is 4.38. The number of hydrogen-bond acceptors (Lipinski definition) is 3. The van der Waals surface area contributed by atoms with Crippen LogP contribution in [-0.4, -0.2) is 13.0 Å². The molecule has 0 saturated carbocycles. The smallest absolute Gasteiger partial charge is 0.253 e. The maximum atomic E-state index is 11.8. The van der Waals surface area contributed by atoms with Crippen molar-refractivity contribution in [1.82, 2.24) is 5.32 Å². The number of benzene rings is 2. The SMILES string of the molecule is CNC(=O)c1cc(N)ccc1Nc1ccc(C)cc1. The minimum Gasteiger partial charge on any atom is -0.399 e. The van der Waals surface area contributed by atoms with Crippen molar-refractivity contribution in [2.45, 2.75) is 6.92 Å². The number of carbonyl (C=O) groups excluding carboxylic acids is 1. The summed E-state index contributed by atoms with van der Waals surface area (Å²) >= 11 is 0. The predicted octanol–water partition coefficient (Wildman–Crippen LogP) is 2.68. The Balaban J connectivity index is 2.34. The first-order chi connectivity index (χ1) is 9.10. The lowest BCUT2D eigenvalue weighted by atomic mass is 10.1. The van der Waals surface area contributed by atoms with E-state index >= 15 is 0 Å². The summed E-state index contributed by atoms with van der Waals surface area (Å²) in [5, 5.41) is 5.84. The normalized spacial score (nSPS) is 10.0. The number of aryl methyl sites for hydroxylation is 1. The van der Waals surface area contributed by atoms with Gasteiger partial charge in [-0.2, -0.15) is 0 Å². The van der Waals surface area contributed by atoms with E-state index in [4.69, 9.17) is 5.73 Å². The maximum absolute atomic E-state index is 11.8. The van der Waals surface area contributed by atoms with Gasteiger partial charge >= 0.3 is 0 Å². The molecule has 4 N–H and O–H groups in total. The van der Waals surface area contributed by atoms with Crippen LogP contribution in [0, 0.1) is 6.92 Å². The van der Waals surface area contributed by atoms with E-state index in [9.17, 15) is 4.79 Å². The molecular weight excluding hydrogens is 238 g/mol. The van der Waals surface area contributed by atoms with E-state index in [1.54, 1.807) is 25.2 Å². The molecule has 0 fully saturated rings. The van der Waals surface area contributed by atoms with Gasteiger partial charge in [-0.15, -0.1) is 0 Å². The summed E-state index contributed by atoms with van der Waals surface area (Å²) in [6.45, 7) is 2.03. The Hall–Kier alpha value is -2.49. The van der Waals surface area contributed by atoms with Crippen molar-refractivity contribution >= 4 is 23.0 Å². The first-order valence-corrected chi connectivity index (χ1v) is 6.05. The van der Waals surface area contributed by atoms with Crippen molar-refractivity contribution in [3.63, 3.8) is 0 Å². The topological polar surface area (TPSA) is 67.2 Å². The fourth-order valence-corrected chi connectivity index (χ4v) is 1.79. The van der Waals surface area contributed by atoms with Crippen LogP contribution in [0.1, 0.15) is 15.9 Å². The summed E-state index contributed by atoms with van der Waals surface area (Å²) in [4.78, 5) is 11.8. The van der Waals surface area contributed by atoms with Crippen LogP contribution in [0.15, 0.2) is 42.5 Å². The molecule has 0 spiro atoms. The number of nitrogen functional groups attached to an aromatic ring is 1. The van der Waals surface area contributed by atoms with Gasteiger partial charge in [0.05, 0.1) is 11.3 Å². The number of hydrogen-bond donors (Lipinski definition) is 3. The summed E-state index contributed by atoms with van der Waals surface area (Å²) < 4.78 is 0. The Kier molecular flexibility index (Phi) is 3.71. The van der Waals surface area contributed by atoms with E-state index in [2.05, 4.69) is 10.6 Å². The Morgan fingerprint density at radius 2 is 1.79 bits per heavy atom. The van der Waals surface area contributed by atoms with Crippen molar-refractivity contribution in [2.24, 2.45) is 0 Å². The quantitative estimate of drug-likeness (QED) is 0.739. The van der Waals surface area contributed by atoms with E-state index in [1.807, 2.05) is 31.2 Å². The van der Waals surface area contributed by atoms with Gasteiger partial charge < -0.3 is 16.4 Å². The molecule has 0 aromatic heterocycles. The van der Waals surface area contributed by atoms with Crippen molar-refractivity contribution < 1.29 is 4.79 Å². The molecule has 0 heterocycles. The van der Waals surface area contributed by atoms with E-state index in [0.717, 1.165) is 11.4 Å². The molecule has 0 radical (unpaired) electrons. The average Bonchev–Trinajstić information content (AvgIpc) is 2.42. The molecule has 2 aromatic carbocycles. The van der Waals surface area contributed by atoms with Gasteiger partial charge in [-0.1, -0.05) is 17.7 Å². The largest absolute Gasteiger partial charge is 0.399 e. The molecule has 0 saturated heterocycles. The summed E-state index contributed by atoms with van der Waals surface area (Å²) in [5.74, 6) is -0.165. The molecule has 4 heteroatoms. The van der Waals surface area contributed by atoms with Crippen molar-refractivity contribution in [2.75, 3.05) is 18.1 Å². The summed E-state index contributed by atoms with van der Waals surface area (Å²) in [6, 6.07) is 13.2. The van der Waals surface area contributed by atoms with Crippen molar-refractivity contribution in [3.8, 4) is 0 Å². The summed E-state index contributed by atoms with van der Waals surface area (Å²) in [5.41, 5.74) is 9.67. The summed E-state index contributed by atoms with van der Waals surface area (Å²) in [6.07, 6.45) is 0. The minimum absolute atomic E-state index is 0.165. The zero-order chi connectivity index (χ0) is 13.8. The van der Waals surface area contributed by atoms with Crippen molar-refractivity contribution in [1.29, 1.82) is 0 Å². The van der Waals surface area contributed by atoms with Crippen LogP contribution < -0.4 is 16.4 Å². The lowest BCUT2D eigenvalue weighted by molar-refractivity contribution is 0.0964. The number of rotatable bonds is 3. The van der Waals surface area contributed by atoms with Gasteiger partial charge in [0.1, 0.15) is 0 Å². The molecule has 2 rings (SSSR count). The zero-order valence-corrected chi connectivity index (χ0v) is 11.0. The lowest BCUT2D eigenvalue weighted by Gasteiger charge is -2.12. The van der Waals surface area contributed by atoms with E-state index in [-0.39, 0.29) is 5.91 Å². The Morgan fingerprint density at radius 3 is 2.42 bits per heavy atom. The van der Waals surface area contributed by atoms with E-state index in [0.29, 0.717) is 11.3 Å². The molecule has 19 heavy (non-hydrogen) atoms. The number of nitrogens with one attached hydrogen (secondary N) is 2. The highest BCUT2D eigenvalue weighted by Crippen LogP contribution is 2.23. The Labute approximate surface area is 112 Å². The van der Waals surface area contributed by atoms with Crippen LogP contribution in [0.4, 0.5) is 17.1 Å². The Bertz CT molecular complexity index is 591. The lowest BCUT2D eigenvalue weighted by Crippen LogP contribution is -2.19. The third-order valence-electron chi connectivity index (χ3n) is 2.85. The summed E-state index contributed by atoms with van der Waals surface area (Å²) in [7, 11) is 1.60. The number of amides is 1. The van der Waals surface area contributed by atoms with Crippen molar-refractivity contribution in [3.05, 3.63) is 53.6 Å². The Morgan fingerprint density at radius 1 is 1.11 bits per heavy atom. The molecule has 0 aliphatic rings. The molecule has 98 valence electrons. The number of anilines is 3. The molecule has 0 aliphatic heterocycles. The fourth-order valence-electron chi connectivity index (χ4n) is 1.79. The predicted molar refractivity (Wildman–Crippen MR) is 78.7 cm³/mol. The number of carbonyl (C=O) groups is 1. The van der Waals surface area contributed by atoms with Crippen LogP contribution in [-0.2, 0) is 0 Å². The van der Waals surface area contributed by atoms with Gasteiger partial charge in [0.2, 0.25) is 0 Å². The highest BCUT2D eigenvalue weighted by Gasteiger charge is 2.10. The zero-order valence-electron chi connectivity index (χ0n) is 11.0. The third kappa shape index (κ3) is 3.04. The van der Waals surface area contributed by atoms with Gasteiger partial charge in [-0.05, 0) is 37.3 Å². The van der Waals surface area contributed by atoms with Gasteiger partial charge in [-0.3, -0.25) is 4.79 Å². The van der Waals surface area contributed by atoms with Gasteiger partial charge in [0.25, 0.3) is 5.91 Å². The van der Waals surface area contributed by atoms with Gasteiger partial charge in [0, 0.05) is 18.4 Å². The highest BCUT2D eigenvalue weighted by molar-refractivity contribution is 6.01. The van der Waals surface area contributed by atoms with Gasteiger partial charge in [-0.25, -0.2) is 0 Å². The van der Waals surface area contributed by atoms with Crippen LogP contribution in [0.5, 0.6) is 0 Å². The van der Waals surface area contributed by atoms with Crippen LogP contribution in [0.3, 0.4) is 0 Å². The minimum atomic E-state index is -0.165. The highest BCUT2D eigenvalue weighted by atomic mass is 16.1. The van der Waals surface area contributed by atoms with Crippen LogP contribution in [0.2, 0.25) is 0 Å². The second kappa shape index (κ2) is 5.44. The fraction of sp³-hybridized carbons (Fsp3) is 0.133. The molecule has 0 aliphatic carbocycles. The molecular formula is C15H17N3O. The first kappa shape index (κ1) is 13.0. The van der Waals surface area contributed by atoms with E-state index < -0.39 is 0 Å². The third-order valence-corrected chi connectivity index (χ3v) is 2.85. The molecule has 0 bridgehead atoms. The monoisotopic (exact) mass is 255 g/mol. The maximum Gasteiger partial charge on any atom is 0.253 e. The standard InChI is InChI=1S/C15H17N3O/c1-10-3-6-12(7-4-10)18-14-8-5-11(16)9-13(14)15(19)17-2/h3-9,18H,16H2,1-2H3,(H,17,19). The molecule has 0 atom stereocenters. The molecule has 0 unspecified atom stereocenters. The molecule has 2 aromatic rings. The molecule has 1 amide bonds. The van der Waals surface area contributed by atoms with Gasteiger partial charge in [0.15, 0.2) is 0 Å². The molecule has 4 nitrogen and oxygen atoms in total.